The second-order valence-corrected chi connectivity index (χ2v) is 2.77. The van der Waals surface area contributed by atoms with Gasteiger partial charge < -0.3 is 9.94 Å². The highest BCUT2D eigenvalue weighted by Crippen LogP contribution is 2.15. The molecule has 1 aromatic rings. The van der Waals surface area contributed by atoms with Gasteiger partial charge in [0.25, 0.3) is 0 Å². The number of halogens is 1. The van der Waals surface area contributed by atoms with E-state index in [1.165, 1.54) is 24.4 Å². The molecular formula is C10H12FNO2. The highest BCUT2D eigenvalue weighted by Gasteiger charge is 1.99. The van der Waals surface area contributed by atoms with Gasteiger partial charge in [-0.05, 0) is 24.6 Å². The molecule has 4 heteroatoms. The Labute approximate surface area is 81.8 Å². The molecule has 14 heavy (non-hydrogen) atoms. The third-order valence-electron chi connectivity index (χ3n) is 1.55. The first-order valence-electron chi connectivity index (χ1n) is 4.38. The Morgan fingerprint density at radius 2 is 2.36 bits per heavy atom. The van der Waals surface area contributed by atoms with Gasteiger partial charge in [-0.1, -0.05) is 12.1 Å². The van der Waals surface area contributed by atoms with Gasteiger partial charge >= 0.3 is 0 Å². The van der Waals surface area contributed by atoms with Crippen molar-refractivity contribution in [2.75, 3.05) is 6.61 Å². The summed E-state index contributed by atoms with van der Waals surface area (Å²) in [5.41, 5.74) is 0.307. The van der Waals surface area contributed by atoms with E-state index in [-0.39, 0.29) is 5.75 Å². The quantitative estimate of drug-likeness (QED) is 0.457. The van der Waals surface area contributed by atoms with E-state index < -0.39 is 5.82 Å². The number of hydrogen-bond donors (Lipinski definition) is 1. The molecule has 0 bridgehead atoms. The SMILES string of the molecule is CCCON=Cc1cc(F)ccc1O. The van der Waals surface area contributed by atoms with Crippen molar-refractivity contribution in [3.05, 3.63) is 29.6 Å². The first-order valence-corrected chi connectivity index (χ1v) is 4.38. The Morgan fingerprint density at radius 3 is 3.07 bits per heavy atom. The van der Waals surface area contributed by atoms with Crippen molar-refractivity contribution in [2.45, 2.75) is 13.3 Å². The molecule has 1 N–H and O–H groups in total. The van der Waals surface area contributed by atoms with E-state index in [1.807, 2.05) is 6.92 Å². The summed E-state index contributed by atoms with van der Waals surface area (Å²) >= 11 is 0. The fraction of sp³-hybridized carbons (Fsp3) is 0.300. The van der Waals surface area contributed by atoms with Crippen LogP contribution in [0.1, 0.15) is 18.9 Å². The number of hydrogen-bond acceptors (Lipinski definition) is 3. The van der Waals surface area contributed by atoms with Crippen molar-refractivity contribution in [2.24, 2.45) is 5.16 Å². The van der Waals surface area contributed by atoms with Crippen LogP contribution in [-0.4, -0.2) is 17.9 Å². The molecule has 0 atom stereocenters. The van der Waals surface area contributed by atoms with E-state index in [0.29, 0.717) is 12.2 Å². The molecule has 1 aromatic carbocycles. The third-order valence-corrected chi connectivity index (χ3v) is 1.55. The molecule has 0 saturated heterocycles. The summed E-state index contributed by atoms with van der Waals surface area (Å²) in [6.07, 6.45) is 2.14. The summed E-state index contributed by atoms with van der Waals surface area (Å²) < 4.78 is 12.7. The molecule has 0 heterocycles. The van der Waals surface area contributed by atoms with Gasteiger partial charge in [-0.25, -0.2) is 4.39 Å². The van der Waals surface area contributed by atoms with Gasteiger partial charge in [-0.3, -0.25) is 0 Å². The van der Waals surface area contributed by atoms with Crippen LogP contribution in [0.15, 0.2) is 23.4 Å². The molecule has 76 valence electrons. The lowest BCUT2D eigenvalue weighted by Crippen LogP contribution is -1.88. The van der Waals surface area contributed by atoms with Crippen molar-refractivity contribution in [3.8, 4) is 5.75 Å². The largest absolute Gasteiger partial charge is 0.507 e. The van der Waals surface area contributed by atoms with Gasteiger partial charge in [0.1, 0.15) is 18.2 Å². The Bertz CT molecular complexity index is 326. The van der Waals surface area contributed by atoms with Crippen molar-refractivity contribution in [3.63, 3.8) is 0 Å². The fourth-order valence-corrected chi connectivity index (χ4v) is 0.867. The van der Waals surface area contributed by atoms with E-state index in [9.17, 15) is 9.50 Å². The van der Waals surface area contributed by atoms with E-state index in [0.717, 1.165) is 6.42 Å². The Hall–Kier alpha value is -1.58. The summed E-state index contributed by atoms with van der Waals surface area (Å²) in [7, 11) is 0. The summed E-state index contributed by atoms with van der Waals surface area (Å²) in [6.45, 7) is 2.46. The second kappa shape index (κ2) is 5.21. The highest BCUT2D eigenvalue weighted by atomic mass is 19.1. The number of aromatic hydroxyl groups is 1. The molecule has 0 aliphatic rings. The van der Waals surface area contributed by atoms with Crippen molar-refractivity contribution in [1.29, 1.82) is 0 Å². The number of rotatable bonds is 4. The molecule has 0 radical (unpaired) electrons. The van der Waals surface area contributed by atoms with Gasteiger partial charge in [0.05, 0.1) is 6.21 Å². The van der Waals surface area contributed by atoms with Crippen LogP contribution in [0.5, 0.6) is 5.75 Å². The minimum Gasteiger partial charge on any atom is -0.507 e. The predicted octanol–water partition coefficient (Wildman–Crippen LogP) is 2.29. The number of phenols is 1. The standard InChI is InChI=1S/C10H12FNO2/c1-2-5-14-12-7-8-6-9(11)3-4-10(8)13/h3-4,6-7,13H,2,5H2,1H3. The Kier molecular flexibility index (Phi) is 3.91. The number of benzene rings is 1. The van der Waals surface area contributed by atoms with Crippen molar-refractivity contribution < 1.29 is 14.3 Å². The van der Waals surface area contributed by atoms with Gasteiger partial charge in [0, 0.05) is 5.56 Å². The summed E-state index contributed by atoms with van der Waals surface area (Å²) in [4.78, 5) is 4.82. The molecule has 0 amide bonds. The molecule has 0 fully saturated rings. The molecule has 0 aromatic heterocycles. The third kappa shape index (κ3) is 3.05. The van der Waals surface area contributed by atoms with E-state index in [2.05, 4.69) is 5.16 Å². The average Bonchev–Trinajstić information content (AvgIpc) is 2.18. The smallest absolute Gasteiger partial charge is 0.124 e. The second-order valence-electron chi connectivity index (χ2n) is 2.77. The van der Waals surface area contributed by atoms with Crippen LogP contribution < -0.4 is 0 Å². The lowest BCUT2D eigenvalue weighted by molar-refractivity contribution is 0.146. The fourth-order valence-electron chi connectivity index (χ4n) is 0.867. The highest BCUT2D eigenvalue weighted by molar-refractivity contribution is 5.82. The molecule has 0 spiro atoms. The number of oxime groups is 1. The van der Waals surface area contributed by atoms with E-state index >= 15 is 0 Å². The Balaban J connectivity index is 2.65. The minimum absolute atomic E-state index is 0.0183. The van der Waals surface area contributed by atoms with E-state index in [1.54, 1.807) is 0 Å². The van der Waals surface area contributed by atoms with Crippen LogP contribution in [0.3, 0.4) is 0 Å². The zero-order valence-corrected chi connectivity index (χ0v) is 7.90. The average molecular weight is 197 g/mol. The Morgan fingerprint density at radius 1 is 1.57 bits per heavy atom. The zero-order chi connectivity index (χ0) is 10.4. The summed E-state index contributed by atoms with van der Waals surface area (Å²) in [6, 6.07) is 3.64. The molecule has 0 saturated carbocycles. The maximum Gasteiger partial charge on any atom is 0.124 e. The first-order chi connectivity index (χ1) is 6.74. The van der Waals surface area contributed by atoms with Gasteiger partial charge in [-0.2, -0.15) is 0 Å². The lowest BCUT2D eigenvalue weighted by atomic mass is 10.2. The first kappa shape index (κ1) is 10.5. The summed E-state index contributed by atoms with van der Waals surface area (Å²) in [5, 5.41) is 12.9. The van der Waals surface area contributed by atoms with Crippen LogP contribution >= 0.6 is 0 Å². The lowest BCUT2D eigenvalue weighted by Gasteiger charge is -1.98. The van der Waals surface area contributed by atoms with Crippen molar-refractivity contribution in [1.82, 2.24) is 0 Å². The predicted molar refractivity (Wildman–Crippen MR) is 51.9 cm³/mol. The number of nitrogens with zero attached hydrogens (tertiary/aromatic N) is 1. The number of phenolic OH excluding ortho intramolecular Hbond substituents is 1. The molecule has 0 aliphatic carbocycles. The molecular weight excluding hydrogens is 185 g/mol. The van der Waals surface area contributed by atoms with Crippen LogP contribution in [0.4, 0.5) is 4.39 Å². The maximum absolute atomic E-state index is 12.7. The van der Waals surface area contributed by atoms with Crippen molar-refractivity contribution >= 4 is 6.21 Å². The topological polar surface area (TPSA) is 41.8 Å². The normalized spacial score (nSPS) is 10.7. The zero-order valence-electron chi connectivity index (χ0n) is 7.90. The van der Waals surface area contributed by atoms with Crippen LogP contribution in [-0.2, 0) is 4.84 Å². The van der Waals surface area contributed by atoms with Crippen LogP contribution in [0.2, 0.25) is 0 Å². The van der Waals surface area contributed by atoms with E-state index in [4.69, 9.17) is 4.84 Å². The van der Waals surface area contributed by atoms with Gasteiger partial charge in [0.15, 0.2) is 0 Å². The van der Waals surface area contributed by atoms with Crippen LogP contribution in [0.25, 0.3) is 0 Å². The molecule has 1 rings (SSSR count). The molecule has 3 nitrogen and oxygen atoms in total. The van der Waals surface area contributed by atoms with Gasteiger partial charge in [-0.15, -0.1) is 0 Å². The maximum atomic E-state index is 12.7. The molecule has 0 aliphatic heterocycles. The van der Waals surface area contributed by atoms with Gasteiger partial charge in [0.2, 0.25) is 0 Å². The monoisotopic (exact) mass is 197 g/mol. The minimum atomic E-state index is -0.417. The summed E-state index contributed by atoms with van der Waals surface area (Å²) in [5.74, 6) is -0.435. The molecule has 0 unspecified atom stereocenters. The van der Waals surface area contributed by atoms with Crippen LogP contribution in [0, 0.1) is 5.82 Å².